The third kappa shape index (κ3) is 3.93. The number of hydrogen-bond acceptors (Lipinski definition) is 3. The van der Waals surface area contributed by atoms with E-state index in [1.807, 2.05) is 40.8 Å². The third-order valence-electron chi connectivity index (χ3n) is 3.43. The highest BCUT2D eigenvalue weighted by Gasteiger charge is 2.20. The van der Waals surface area contributed by atoms with Crippen LogP contribution in [0, 0.1) is 13.7 Å². The Balaban J connectivity index is 2.09. The smallest absolute Gasteiger partial charge is 0.282 e. The second-order valence-corrected chi connectivity index (χ2v) is 6.69. The van der Waals surface area contributed by atoms with Crippen molar-refractivity contribution >= 4 is 34.0 Å². The molecule has 21 heavy (non-hydrogen) atoms. The number of halogens is 1. The summed E-state index contributed by atoms with van der Waals surface area (Å²) >= 11 is 1.99. The fourth-order valence-electron chi connectivity index (χ4n) is 2.08. The molecule has 1 N–H and O–H groups in total. The molecule has 0 spiro atoms. The van der Waals surface area contributed by atoms with Gasteiger partial charge in [-0.2, -0.15) is 0 Å². The molecule has 4 nitrogen and oxygen atoms in total. The van der Waals surface area contributed by atoms with E-state index in [4.69, 9.17) is 0 Å². The summed E-state index contributed by atoms with van der Waals surface area (Å²) in [6.45, 7) is 5.10. The zero-order chi connectivity index (χ0) is 15.5. The first-order valence-corrected chi connectivity index (χ1v) is 7.71. The van der Waals surface area contributed by atoms with Gasteiger partial charge in [0.2, 0.25) is 0 Å². The van der Waals surface area contributed by atoms with Gasteiger partial charge in [-0.25, -0.2) is 0 Å². The average Bonchev–Trinajstić information content (AvgIpc) is 2.46. The van der Waals surface area contributed by atoms with E-state index >= 15 is 0 Å². The summed E-state index contributed by atoms with van der Waals surface area (Å²) in [5.41, 5.74) is 2.28. The molecule has 2 aromatic carbocycles. The van der Waals surface area contributed by atoms with Crippen LogP contribution in [0.5, 0.6) is 0 Å². The zero-order valence-corrected chi connectivity index (χ0v) is 14.1. The van der Waals surface area contributed by atoms with E-state index in [1.54, 1.807) is 18.2 Å². The Labute approximate surface area is 137 Å². The lowest BCUT2D eigenvalue weighted by Crippen LogP contribution is -2.27. The van der Waals surface area contributed by atoms with Crippen molar-refractivity contribution < 1.29 is 4.92 Å². The van der Waals surface area contributed by atoms with E-state index in [1.165, 1.54) is 5.56 Å². The number of benzene rings is 2. The van der Waals surface area contributed by atoms with Gasteiger partial charge >= 0.3 is 0 Å². The van der Waals surface area contributed by atoms with Crippen molar-refractivity contribution in [2.24, 2.45) is 0 Å². The Morgan fingerprint density at radius 2 is 1.86 bits per heavy atom. The highest BCUT2D eigenvalue weighted by molar-refractivity contribution is 14.1. The monoisotopic (exact) mass is 396 g/mol. The second kappa shape index (κ2) is 6.43. The number of nitrogens with zero attached hydrogens (tertiary/aromatic N) is 1. The molecule has 0 aromatic heterocycles. The van der Waals surface area contributed by atoms with E-state index < -0.39 is 0 Å². The summed E-state index contributed by atoms with van der Waals surface area (Å²) in [5, 5.41) is 14.2. The van der Waals surface area contributed by atoms with Gasteiger partial charge in [-0.05, 0) is 40.3 Å². The predicted octanol–water partition coefficient (Wildman–Crippen LogP) is 4.59. The van der Waals surface area contributed by atoms with Crippen molar-refractivity contribution in [3.63, 3.8) is 0 Å². The fraction of sp³-hybridized carbons (Fsp3) is 0.250. The standard InChI is InChI=1S/C16H17IN2O2/c1-16(2,12-6-4-3-5-7-12)11-18-13-8-9-15(19(20)21)14(17)10-13/h3-10,18H,11H2,1-2H3. The van der Waals surface area contributed by atoms with Gasteiger partial charge in [-0.1, -0.05) is 44.2 Å². The second-order valence-electron chi connectivity index (χ2n) is 5.53. The van der Waals surface area contributed by atoms with Gasteiger partial charge in [0.1, 0.15) is 0 Å². The van der Waals surface area contributed by atoms with Gasteiger partial charge in [0.25, 0.3) is 5.69 Å². The minimum absolute atomic E-state index is 0.0194. The Hall–Kier alpha value is -1.63. The molecular formula is C16H17IN2O2. The van der Waals surface area contributed by atoms with E-state index in [-0.39, 0.29) is 16.0 Å². The number of rotatable bonds is 5. The average molecular weight is 396 g/mol. The topological polar surface area (TPSA) is 55.2 Å². The minimum Gasteiger partial charge on any atom is -0.384 e. The normalized spacial score (nSPS) is 11.2. The number of hydrogen-bond donors (Lipinski definition) is 1. The molecule has 2 rings (SSSR count). The van der Waals surface area contributed by atoms with Crippen LogP contribution in [0.2, 0.25) is 0 Å². The van der Waals surface area contributed by atoms with Gasteiger partial charge in [0.05, 0.1) is 8.49 Å². The first-order valence-electron chi connectivity index (χ1n) is 6.63. The number of nitrogens with one attached hydrogen (secondary N) is 1. The van der Waals surface area contributed by atoms with Crippen LogP contribution in [0.15, 0.2) is 48.5 Å². The van der Waals surface area contributed by atoms with Crippen LogP contribution >= 0.6 is 22.6 Å². The molecule has 0 radical (unpaired) electrons. The SMILES string of the molecule is CC(C)(CNc1ccc([N+](=O)[O-])c(I)c1)c1ccccc1. The molecular weight excluding hydrogens is 379 g/mol. The molecule has 0 unspecified atom stereocenters. The van der Waals surface area contributed by atoms with Crippen LogP contribution < -0.4 is 5.32 Å². The molecule has 0 aliphatic heterocycles. The van der Waals surface area contributed by atoms with Crippen LogP contribution in [0.25, 0.3) is 0 Å². The maximum Gasteiger partial charge on any atom is 0.282 e. The molecule has 0 fully saturated rings. The quantitative estimate of drug-likeness (QED) is 0.457. The van der Waals surface area contributed by atoms with Gasteiger partial charge in [0.15, 0.2) is 0 Å². The molecule has 0 aliphatic rings. The van der Waals surface area contributed by atoms with Crippen LogP contribution in [0.3, 0.4) is 0 Å². The Morgan fingerprint density at radius 3 is 2.43 bits per heavy atom. The van der Waals surface area contributed by atoms with Crippen molar-refractivity contribution in [3.05, 3.63) is 67.8 Å². The molecule has 110 valence electrons. The summed E-state index contributed by atoms with van der Waals surface area (Å²) < 4.78 is 0.639. The zero-order valence-electron chi connectivity index (χ0n) is 12.0. The van der Waals surface area contributed by atoms with Crippen molar-refractivity contribution in [2.45, 2.75) is 19.3 Å². The molecule has 0 aliphatic carbocycles. The summed E-state index contributed by atoms with van der Waals surface area (Å²) in [5.74, 6) is 0. The molecule has 0 bridgehead atoms. The Kier molecular flexibility index (Phi) is 4.82. The summed E-state index contributed by atoms with van der Waals surface area (Å²) in [6.07, 6.45) is 0. The maximum absolute atomic E-state index is 10.8. The summed E-state index contributed by atoms with van der Waals surface area (Å²) in [4.78, 5) is 10.5. The Morgan fingerprint density at radius 1 is 1.19 bits per heavy atom. The van der Waals surface area contributed by atoms with Gasteiger partial charge in [-0.15, -0.1) is 0 Å². The van der Waals surface area contributed by atoms with Crippen LogP contribution in [-0.4, -0.2) is 11.5 Å². The predicted molar refractivity (Wildman–Crippen MR) is 93.8 cm³/mol. The highest BCUT2D eigenvalue weighted by Crippen LogP contribution is 2.27. The van der Waals surface area contributed by atoms with Gasteiger partial charge in [-0.3, -0.25) is 10.1 Å². The fourth-order valence-corrected chi connectivity index (χ4v) is 2.79. The van der Waals surface area contributed by atoms with Crippen molar-refractivity contribution in [1.29, 1.82) is 0 Å². The largest absolute Gasteiger partial charge is 0.384 e. The highest BCUT2D eigenvalue weighted by atomic mass is 127. The molecule has 0 atom stereocenters. The molecule has 5 heteroatoms. The molecule has 0 heterocycles. The van der Waals surface area contributed by atoms with E-state index in [2.05, 4.69) is 31.3 Å². The van der Waals surface area contributed by atoms with Crippen LogP contribution in [0.1, 0.15) is 19.4 Å². The summed E-state index contributed by atoms with van der Waals surface area (Å²) in [6, 6.07) is 15.4. The summed E-state index contributed by atoms with van der Waals surface area (Å²) in [7, 11) is 0. The number of nitro groups is 1. The van der Waals surface area contributed by atoms with E-state index in [9.17, 15) is 10.1 Å². The van der Waals surface area contributed by atoms with Crippen LogP contribution in [0.4, 0.5) is 11.4 Å². The van der Waals surface area contributed by atoms with Crippen molar-refractivity contribution in [3.8, 4) is 0 Å². The Bertz CT molecular complexity index is 642. The van der Waals surface area contributed by atoms with E-state index in [0.717, 1.165) is 12.2 Å². The van der Waals surface area contributed by atoms with Gasteiger partial charge in [0, 0.05) is 23.7 Å². The molecule has 0 amide bonds. The molecule has 0 saturated heterocycles. The lowest BCUT2D eigenvalue weighted by molar-refractivity contribution is -0.385. The van der Waals surface area contributed by atoms with Gasteiger partial charge < -0.3 is 5.32 Å². The molecule has 2 aromatic rings. The van der Waals surface area contributed by atoms with Crippen LogP contribution in [-0.2, 0) is 5.41 Å². The third-order valence-corrected chi connectivity index (χ3v) is 4.30. The molecule has 0 saturated carbocycles. The lowest BCUT2D eigenvalue weighted by atomic mass is 9.84. The van der Waals surface area contributed by atoms with Crippen molar-refractivity contribution in [2.75, 3.05) is 11.9 Å². The number of nitro benzene ring substituents is 1. The minimum atomic E-state index is -0.362. The van der Waals surface area contributed by atoms with Crippen molar-refractivity contribution in [1.82, 2.24) is 0 Å². The lowest BCUT2D eigenvalue weighted by Gasteiger charge is -2.26. The first kappa shape index (κ1) is 15.8. The maximum atomic E-state index is 10.8. The first-order chi connectivity index (χ1) is 9.90. The number of anilines is 1. The van der Waals surface area contributed by atoms with E-state index in [0.29, 0.717) is 3.57 Å².